The molecular formula is C42H54O4. The molecule has 3 aliphatic rings. The lowest BCUT2D eigenvalue weighted by molar-refractivity contribution is 0.0886. The topological polar surface area (TPSA) is 43.5 Å². The highest BCUT2D eigenvalue weighted by atomic mass is 16.6. The Morgan fingerprint density at radius 1 is 0.826 bits per heavy atom. The number of allylic oxidation sites excluding steroid dienone is 7. The molecule has 0 radical (unpaired) electrons. The van der Waals surface area contributed by atoms with Crippen molar-refractivity contribution in [3.05, 3.63) is 120 Å². The van der Waals surface area contributed by atoms with Gasteiger partial charge in [0, 0.05) is 12.0 Å². The summed E-state index contributed by atoms with van der Waals surface area (Å²) >= 11 is 0. The van der Waals surface area contributed by atoms with Gasteiger partial charge in [-0.3, -0.25) is 0 Å². The molecule has 4 nitrogen and oxygen atoms in total. The molecule has 0 aromatic heterocycles. The summed E-state index contributed by atoms with van der Waals surface area (Å²) in [7, 11) is 0. The van der Waals surface area contributed by atoms with Gasteiger partial charge >= 0.3 is 0 Å². The number of rotatable bonds is 19. The van der Waals surface area contributed by atoms with Gasteiger partial charge in [0.05, 0.1) is 25.9 Å². The van der Waals surface area contributed by atoms with E-state index in [4.69, 9.17) is 18.9 Å². The molecule has 5 rings (SSSR count). The van der Waals surface area contributed by atoms with Crippen LogP contribution in [0.25, 0.3) is 11.1 Å². The number of ether oxygens (including phenoxy) is 4. The van der Waals surface area contributed by atoms with E-state index >= 15 is 0 Å². The lowest BCUT2D eigenvalue weighted by Gasteiger charge is -2.25. The maximum Gasteiger partial charge on any atom is 0.116 e. The van der Waals surface area contributed by atoms with Crippen LogP contribution in [0, 0.1) is 17.8 Å². The van der Waals surface area contributed by atoms with Crippen molar-refractivity contribution in [3.63, 3.8) is 0 Å². The molecule has 46 heavy (non-hydrogen) atoms. The molecule has 0 N–H and O–H groups in total. The Bertz CT molecular complexity index is 1390. The van der Waals surface area contributed by atoms with E-state index in [1.165, 1.54) is 39.0 Å². The molecule has 0 saturated carbocycles. The van der Waals surface area contributed by atoms with Crippen molar-refractivity contribution < 1.29 is 18.9 Å². The summed E-state index contributed by atoms with van der Waals surface area (Å²) in [5, 5.41) is 0. The Hall–Kier alpha value is -3.18. The summed E-state index contributed by atoms with van der Waals surface area (Å²) < 4.78 is 23.2. The Morgan fingerprint density at radius 3 is 2.09 bits per heavy atom. The van der Waals surface area contributed by atoms with Gasteiger partial charge < -0.3 is 18.9 Å². The maximum atomic E-state index is 6.23. The van der Waals surface area contributed by atoms with E-state index in [1.807, 2.05) is 0 Å². The van der Waals surface area contributed by atoms with Gasteiger partial charge in [-0.2, -0.15) is 0 Å². The lowest BCUT2D eigenvalue weighted by atomic mass is 9.82. The molecule has 4 heteroatoms. The van der Waals surface area contributed by atoms with E-state index in [-0.39, 0.29) is 24.2 Å². The first-order chi connectivity index (χ1) is 22.3. The van der Waals surface area contributed by atoms with Gasteiger partial charge in [-0.1, -0.05) is 112 Å². The van der Waals surface area contributed by atoms with Crippen molar-refractivity contribution in [2.75, 3.05) is 26.4 Å². The van der Waals surface area contributed by atoms with Crippen LogP contribution in [0.1, 0.15) is 77.3 Å². The fourth-order valence-electron chi connectivity index (χ4n) is 6.12. The summed E-state index contributed by atoms with van der Waals surface area (Å²) in [6.07, 6.45) is 11.4. The fourth-order valence-corrected chi connectivity index (χ4v) is 6.12. The molecule has 2 fully saturated rings. The molecular weight excluding hydrogens is 568 g/mol. The Kier molecular flexibility index (Phi) is 12.3. The van der Waals surface area contributed by atoms with Gasteiger partial charge in [-0.15, -0.1) is 0 Å². The second kappa shape index (κ2) is 16.6. The van der Waals surface area contributed by atoms with Crippen molar-refractivity contribution in [3.8, 4) is 0 Å². The van der Waals surface area contributed by atoms with Crippen LogP contribution in [0.5, 0.6) is 0 Å². The second-order valence-corrected chi connectivity index (χ2v) is 13.6. The van der Waals surface area contributed by atoms with E-state index in [1.54, 1.807) is 0 Å². The molecule has 2 aromatic rings. The summed E-state index contributed by atoms with van der Waals surface area (Å²) in [6.45, 7) is 21.2. The largest absolute Gasteiger partial charge is 0.494 e. The smallest absolute Gasteiger partial charge is 0.116 e. The van der Waals surface area contributed by atoms with Gasteiger partial charge in [-0.25, -0.2) is 0 Å². The predicted octanol–water partition coefficient (Wildman–Crippen LogP) is 10.0. The minimum absolute atomic E-state index is 0.00360. The van der Waals surface area contributed by atoms with Gasteiger partial charge in [0.15, 0.2) is 0 Å². The van der Waals surface area contributed by atoms with E-state index < -0.39 is 0 Å². The Balaban J connectivity index is 1.12. The maximum absolute atomic E-state index is 6.23. The molecule has 2 saturated heterocycles. The van der Waals surface area contributed by atoms with Crippen LogP contribution >= 0.6 is 0 Å². The minimum atomic E-state index is 0.00360. The Labute approximate surface area is 277 Å². The molecule has 0 amide bonds. The molecule has 6 atom stereocenters. The lowest BCUT2D eigenvalue weighted by Crippen LogP contribution is -2.15. The van der Waals surface area contributed by atoms with Gasteiger partial charge in [0.2, 0.25) is 0 Å². The standard InChI is InChI=1S/C42H54O4/c1-29(17-18-31(3)33(5)23-40(35-13-9-7-10-14-35)34(6)43-25-38-26-44-38)30(2)19-20-32(4)37-21-22-42(46-28-39-27-45-39)41(24-37)36-15-11-8-12-16-36/h7-16,23-24,29-30,33-34,38-39H,3-4,17-22,25-28H2,1-2,5-6H3/b40-23+. The fraction of sp³-hybridized carbons (Fsp3) is 0.476. The van der Waals surface area contributed by atoms with Crippen LogP contribution < -0.4 is 0 Å². The average molecular weight is 623 g/mol. The average Bonchev–Trinajstić information content (AvgIpc) is 4.03. The second-order valence-electron chi connectivity index (χ2n) is 13.6. The van der Waals surface area contributed by atoms with Gasteiger partial charge in [-0.05, 0) is 85.1 Å². The quantitative estimate of drug-likeness (QED) is 0.116. The molecule has 0 spiro atoms. The predicted molar refractivity (Wildman–Crippen MR) is 190 cm³/mol. The SMILES string of the molecule is C=C(CCC(C)C(C)CCC(=C)C(C)/C=C(/c1ccccc1)C(C)OCC1CO1)C1=CC(c2ccccc2)=C(OCC2CO2)CC1. The highest BCUT2D eigenvalue weighted by Crippen LogP contribution is 2.37. The molecule has 6 unspecified atom stereocenters. The normalized spacial score (nSPS) is 22.0. The first-order valence-electron chi connectivity index (χ1n) is 17.4. The molecule has 0 bridgehead atoms. The van der Waals surface area contributed by atoms with Gasteiger partial charge in [0.1, 0.15) is 24.6 Å². The van der Waals surface area contributed by atoms with Crippen LogP contribution in [0.4, 0.5) is 0 Å². The summed E-state index contributed by atoms with van der Waals surface area (Å²) in [5.74, 6) is 2.57. The number of hydrogen-bond acceptors (Lipinski definition) is 4. The summed E-state index contributed by atoms with van der Waals surface area (Å²) in [4.78, 5) is 0. The zero-order chi connectivity index (χ0) is 32.5. The van der Waals surface area contributed by atoms with Crippen molar-refractivity contribution in [2.24, 2.45) is 17.8 Å². The van der Waals surface area contributed by atoms with Crippen molar-refractivity contribution >= 4 is 11.1 Å². The van der Waals surface area contributed by atoms with E-state index in [0.29, 0.717) is 25.0 Å². The van der Waals surface area contributed by atoms with Crippen molar-refractivity contribution in [2.45, 2.75) is 84.5 Å². The first kappa shape index (κ1) is 34.2. The third kappa shape index (κ3) is 10.2. The molecule has 246 valence electrons. The zero-order valence-electron chi connectivity index (χ0n) is 28.5. The monoisotopic (exact) mass is 622 g/mol. The first-order valence-corrected chi connectivity index (χ1v) is 17.4. The minimum Gasteiger partial charge on any atom is -0.494 e. The highest BCUT2D eigenvalue weighted by molar-refractivity contribution is 5.78. The third-order valence-corrected chi connectivity index (χ3v) is 9.97. The zero-order valence-corrected chi connectivity index (χ0v) is 28.5. The van der Waals surface area contributed by atoms with E-state index in [0.717, 1.165) is 57.5 Å². The molecule has 2 heterocycles. The molecule has 2 aliphatic heterocycles. The Morgan fingerprint density at radius 2 is 1.43 bits per heavy atom. The molecule has 2 aromatic carbocycles. The summed E-state index contributed by atoms with van der Waals surface area (Å²) in [6, 6.07) is 21.2. The van der Waals surface area contributed by atoms with Crippen LogP contribution in [0.2, 0.25) is 0 Å². The van der Waals surface area contributed by atoms with Crippen LogP contribution in [-0.2, 0) is 18.9 Å². The molecule has 1 aliphatic carbocycles. The van der Waals surface area contributed by atoms with E-state index in [2.05, 4.69) is 114 Å². The number of epoxide rings is 2. The van der Waals surface area contributed by atoms with Crippen molar-refractivity contribution in [1.29, 1.82) is 0 Å². The van der Waals surface area contributed by atoms with Crippen LogP contribution in [0.3, 0.4) is 0 Å². The van der Waals surface area contributed by atoms with Crippen molar-refractivity contribution in [1.82, 2.24) is 0 Å². The highest BCUT2D eigenvalue weighted by Gasteiger charge is 2.26. The van der Waals surface area contributed by atoms with E-state index in [9.17, 15) is 0 Å². The van der Waals surface area contributed by atoms with Crippen LogP contribution in [0.15, 0.2) is 108 Å². The van der Waals surface area contributed by atoms with Crippen LogP contribution in [-0.4, -0.2) is 44.7 Å². The number of hydrogen-bond donors (Lipinski definition) is 0. The summed E-state index contributed by atoms with van der Waals surface area (Å²) in [5.41, 5.74) is 8.75. The number of benzene rings is 2. The van der Waals surface area contributed by atoms with Gasteiger partial charge in [0.25, 0.3) is 0 Å². The third-order valence-electron chi connectivity index (χ3n) is 9.97.